The lowest BCUT2D eigenvalue weighted by molar-refractivity contribution is 0.615. The molecular weight excluding hydrogens is 300 g/mol. The fourth-order valence-electron chi connectivity index (χ4n) is 4.57. The molecule has 0 spiro atoms. The highest BCUT2D eigenvalue weighted by Gasteiger charge is 2.23. The van der Waals surface area contributed by atoms with Crippen LogP contribution in [0, 0.1) is 6.92 Å². The SMILES string of the molecule is Cc1cc2ccccc2cc1C1CCCc2cc3ccccc3cc21. The Kier molecular flexibility index (Phi) is 3.38. The second-order valence-corrected chi connectivity index (χ2v) is 7.40. The summed E-state index contributed by atoms with van der Waals surface area (Å²) in [6.45, 7) is 2.27. The molecule has 4 aromatic rings. The predicted molar refractivity (Wildman–Crippen MR) is 107 cm³/mol. The molecule has 0 heteroatoms. The molecule has 0 radical (unpaired) electrons. The minimum Gasteiger partial charge on any atom is -0.0616 e. The van der Waals surface area contributed by atoms with Gasteiger partial charge in [0.1, 0.15) is 0 Å². The van der Waals surface area contributed by atoms with Crippen molar-refractivity contribution in [1.29, 1.82) is 0 Å². The summed E-state index contributed by atoms with van der Waals surface area (Å²) in [6, 6.07) is 27.2. The standard InChI is InChI=1S/C25H22/c1-17-13-18-7-2-4-9-20(18)15-24(17)23-12-6-11-22-14-19-8-3-5-10-21(19)16-25(22)23/h2-5,7-10,13-16,23H,6,11-12H2,1H3. The molecular formula is C25H22. The molecule has 122 valence electrons. The largest absolute Gasteiger partial charge is 0.0616 e. The van der Waals surface area contributed by atoms with E-state index in [4.69, 9.17) is 0 Å². The van der Waals surface area contributed by atoms with Gasteiger partial charge >= 0.3 is 0 Å². The van der Waals surface area contributed by atoms with Gasteiger partial charge < -0.3 is 0 Å². The van der Waals surface area contributed by atoms with Crippen molar-refractivity contribution in [3.05, 3.63) is 95.1 Å². The van der Waals surface area contributed by atoms with E-state index >= 15 is 0 Å². The van der Waals surface area contributed by atoms with Crippen LogP contribution in [0.5, 0.6) is 0 Å². The number of fused-ring (bicyclic) bond motifs is 3. The van der Waals surface area contributed by atoms with Gasteiger partial charge in [-0.3, -0.25) is 0 Å². The number of aryl methyl sites for hydroxylation is 2. The van der Waals surface area contributed by atoms with Crippen LogP contribution < -0.4 is 0 Å². The van der Waals surface area contributed by atoms with Gasteiger partial charge in [0.2, 0.25) is 0 Å². The number of benzene rings is 4. The van der Waals surface area contributed by atoms with Gasteiger partial charge in [-0.15, -0.1) is 0 Å². The highest BCUT2D eigenvalue weighted by molar-refractivity contribution is 5.86. The number of hydrogen-bond acceptors (Lipinski definition) is 0. The molecule has 25 heavy (non-hydrogen) atoms. The average Bonchev–Trinajstić information content (AvgIpc) is 2.65. The first-order valence-electron chi connectivity index (χ1n) is 9.30. The van der Waals surface area contributed by atoms with Gasteiger partial charge in [-0.25, -0.2) is 0 Å². The van der Waals surface area contributed by atoms with Gasteiger partial charge in [-0.05, 0) is 70.0 Å². The van der Waals surface area contributed by atoms with Gasteiger partial charge in [0.05, 0.1) is 0 Å². The Morgan fingerprint density at radius 2 is 1.24 bits per heavy atom. The van der Waals surface area contributed by atoms with Crippen LogP contribution in [0.25, 0.3) is 21.5 Å². The van der Waals surface area contributed by atoms with E-state index in [9.17, 15) is 0 Å². The van der Waals surface area contributed by atoms with Crippen molar-refractivity contribution < 1.29 is 0 Å². The monoisotopic (exact) mass is 322 g/mol. The molecule has 0 nitrogen and oxygen atoms in total. The summed E-state index contributed by atoms with van der Waals surface area (Å²) in [4.78, 5) is 0. The molecule has 0 heterocycles. The molecule has 0 aliphatic heterocycles. The minimum absolute atomic E-state index is 0.526. The molecule has 0 saturated carbocycles. The summed E-state index contributed by atoms with van der Waals surface area (Å²) < 4.78 is 0. The van der Waals surface area contributed by atoms with Crippen LogP contribution in [0.15, 0.2) is 72.8 Å². The lowest BCUT2D eigenvalue weighted by Crippen LogP contribution is -2.12. The highest BCUT2D eigenvalue weighted by atomic mass is 14.3. The molecule has 0 aromatic heterocycles. The molecule has 1 aliphatic rings. The van der Waals surface area contributed by atoms with Crippen molar-refractivity contribution in [2.45, 2.75) is 32.1 Å². The molecule has 0 saturated heterocycles. The molecule has 1 unspecified atom stereocenters. The number of rotatable bonds is 1. The van der Waals surface area contributed by atoms with Gasteiger partial charge in [0, 0.05) is 5.92 Å². The maximum absolute atomic E-state index is 2.45. The van der Waals surface area contributed by atoms with Crippen LogP contribution in [0.1, 0.15) is 41.0 Å². The van der Waals surface area contributed by atoms with Crippen molar-refractivity contribution in [2.75, 3.05) is 0 Å². The van der Waals surface area contributed by atoms with E-state index in [1.54, 1.807) is 11.1 Å². The Balaban J connectivity index is 1.71. The summed E-state index contributed by atoms with van der Waals surface area (Å²) in [6.07, 6.45) is 3.75. The van der Waals surface area contributed by atoms with Crippen LogP contribution in [-0.2, 0) is 6.42 Å². The Morgan fingerprint density at radius 1 is 0.680 bits per heavy atom. The summed E-state index contributed by atoms with van der Waals surface area (Å²) in [7, 11) is 0. The van der Waals surface area contributed by atoms with Gasteiger partial charge in [-0.1, -0.05) is 72.8 Å². The summed E-state index contributed by atoms with van der Waals surface area (Å²) >= 11 is 0. The van der Waals surface area contributed by atoms with E-state index in [0.29, 0.717) is 5.92 Å². The maximum Gasteiger partial charge on any atom is 0.00952 e. The minimum atomic E-state index is 0.526. The predicted octanol–water partition coefficient (Wildman–Crippen LogP) is 6.77. The van der Waals surface area contributed by atoms with Crippen molar-refractivity contribution in [2.24, 2.45) is 0 Å². The Bertz CT molecular complexity index is 1090. The topological polar surface area (TPSA) is 0 Å². The van der Waals surface area contributed by atoms with E-state index in [2.05, 4.69) is 79.7 Å². The summed E-state index contributed by atoms with van der Waals surface area (Å²) in [5.74, 6) is 0.526. The van der Waals surface area contributed by atoms with Gasteiger partial charge in [0.15, 0.2) is 0 Å². The van der Waals surface area contributed by atoms with Gasteiger partial charge in [0.25, 0.3) is 0 Å². The van der Waals surface area contributed by atoms with Crippen molar-refractivity contribution >= 4 is 21.5 Å². The fourth-order valence-corrected chi connectivity index (χ4v) is 4.57. The Morgan fingerprint density at radius 3 is 1.92 bits per heavy atom. The first-order chi connectivity index (χ1) is 12.3. The van der Waals surface area contributed by atoms with Crippen LogP contribution >= 0.6 is 0 Å². The van der Waals surface area contributed by atoms with E-state index < -0.39 is 0 Å². The molecule has 0 fully saturated rings. The quantitative estimate of drug-likeness (QED) is 0.363. The van der Waals surface area contributed by atoms with Crippen LogP contribution in [0.2, 0.25) is 0 Å². The molecule has 0 bridgehead atoms. The zero-order chi connectivity index (χ0) is 16.8. The number of hydrogen-bond donors (Lipinski definition) is 0. The third kappa shape index (κ3) is 2.44. The zero-order valence-electron chi connectivity index (χ0n) is 14.6. The average molecular weight is 322 g/mol. The van der Waals surface area contributed by atoms with Crippen LogP contribution in [-0.4, -0.2) is 0 Å². The Labute approximate surface area is 149 Å². The second-order valence-electron chi connectivity index (χ2n) is 7.40. The molecule has 4 aromatic carbocycles. The third-order valence-electron chi connectivity index (χ3n) is 5.83. The summed E-state index contributed by atoms with van der Waals surface area (Å²) in [5.41, 5.74) is 6.02. The third-order valence-corrected chi connectivity index (χ3v) is 5.83. The zero-order valence-corrected chi connectivity index (χ0v) is 14.6. The molecule has 1 aliphatic carbocycles. The lowest BCUT2D eigenvalue weighted by Gasteiger charge is -2.28. The van der Waals surface area contributed by atoms with E-state index in [1.807, 2.05) is 0 Å². The van der Waals surface area contributed by atoms with Crippen molar-refractivity contribution in [1.82, 2.24) is 0 Å². The van der Waals surface area contributed by atoms with Crippen molar-refractivity contribution in [3.63, 3.8) is 0 Å². The van der Waals surface area contributed by atoms with Crippen molar-refractivity contribution in [3.8, 4) is 0 Å². The first-order valence-corrected chi connectivity index (χ1v) is 9.30. The lowest BCUT2D eigenvalue weighted by atomic mass is 9.76. The van der Waals surface area contributed by atoms with Crippen LogP contribution in [0.3, 0.4) is 0 Å². The fraction of sp³-hybridized carbons (Fsp3) is 0.200. The first kappa shape index (κ1) is 14.7. The summed E-state index contributed by atoms with van der Waals surface area (Å²) in [5, 5.41) is 5.44. The van der Waals surface area contributed by atoms with Gasteiger partial charge in [-0.2, -0.15) is 0 Å². The van der Waals surface area contributed by atoms with E-state index in [1.165, 1.54) is 51.9 Å². The second kappa shape index (κ2) is 5.74. The molecule has 0 amide bonds. The normalized spacial score (nSPS) is 16.9. The maximum atomic E-state index is 2.45. The Hall–Kier alpha value is -2.60. The molecule has 1 atom stereocenters. The molecule has 5 rings (SSSR count). The molecule has 0 N–H and O–H groups in total. The van der Waals surface area contributed by atoms with E-state index in [-0.39, 0.29) is 0 Å². The van der Waals surface area contributed by atoms with Crippen LogP contribution in [0.4, 0.5) is 0 Å². The smallest absolute Gasteiger partial charge is 0.00952 e. The van der Waals surface area contributed by atoms with E-state index in [0.717, 1.165) is 0 Å². The highest BCUT2D eigenvalue weighted by Crippen LogP contribution is 2.40.